The van der Waals surface area contributed by atoms with E-state index in [9.17, 15) is 0 Å². The average Bonchev–Trinajstić information content (AvgIpc) is 3.78. The molecule has 260 valence electrons. The number of rotatable bonds is 5. The summed E-state index contributed by atoms with van der Waals surface area (Å²) in [5.74, 6) is 0.630. The molecule has 0 unspecified atom stereocenters. The van der Waals surface area contributed by atoms with Gasteiger partial charge in [-0.15, -0.1) is 0 Å². The lowest BCUT2D eigenvalue weighted by Crippen LogP contribution is -2.16. The summed E-state index contributed by atoms with van der Waals surface area (Å²) in [6, 6.07) is 65.5. The number of nitrogens with zero attached hydrogens (tertiary/aromatic N) is 2. The van der Waals surface area contributed by atoms with E-state index in [1.165, 1.54) is 44.2 Å². The molecular formula is C52H36N2O. The van der Waals surface area contributed by atoms with Gasteiger partial charge >= 0.3 is 0 Å². The van der Waals surface area contributed by atoms with Crippen LogP contribution in [-0.2, 0) is 5.41 Å². The van der Waals surface area contributed by atoms with Crippen LogP contribution in [0.3, 0.4) is 0 Å². The minimum Gasteiger partial charge on any atom is -0.435 e. The molecule has 0 N–H and O–H groups in total. The second-order valence-electron chi connectivity index (χ2n) is 15.2. The van der Waals surface area contributed by atoms with E-state index in [1.807, 2.05) is 30.3 Å². The van der Waals surface area contributed by atoms with Gasteiger partial charge in [0.1, 0.15) is 5.52 Å². The predicted octanol–water partition coefficient (Wildman–Crippen LogP) is 14.4. The summed E-state index contributed by atoms with van der Waals surface area (Å²) in [4.78, 5) is 7.33. The molecule has 55 heavy (non-hydrogen) atoms. The van der Waals surface area contributed by atoms with Crippen LogP contribution in [0, 0.1) is 0 Å². The molecule has 1 aromatic heterocycles. The third kappa shape index (κ3) is 4.93. The first-order valence-corrected chi connectivity index (χ1v) is 19.0. The Bertz CT molecular complexity index is 3110. The second-order valence-corrected chi connectivity index (χ2v) is 15.2. The van der Waals surface area contributed by atoms with Crippen LogP contribution in [0.1, 0.15) is 25.0 Å². The maximum atomic E-state index is 6.61. The van der Waals surface area contributed by atoms with Gasteiger partial charge in [0.25, 0.3) is 0 Å². The Balaban J connectivity index is 1.12. The topological polar surface area (TPSA) is 29.3 Å². The Hall–Kier alpha value is -6.97. The Labute approximate surface area is 319 Å². The molecule has 0 amide bonds. The van der Waals surface area contributed by atoms with Crippen LogP contribution in [0.4, 0.5) is 17.1 Å². The molecule has 0 saturated carbocycles. The van der Waals surface area contributed by atoms with Gasteiger partial charge in [0, 0.05) is 33.4 Å². The van der Waals surface area contributed by atoms with Crippen molar-refractivity contribution in [3.05, 3.63) is 193 Å². The van der Waals surface area contributed by atoms with E-state index in [2.05, 4.69) is 170 Å². The molecule has 0 radical (unpaired) electrons. The minimum atomic E-state index is -0.165. The predicted molar refractivity (Wildman–Crippen MR) is 230 cm³/mol. The Morgan fingerprint density at radius 3 is 1.89 bits per heavy atom. The maximum Gasteiger partial charge on any atom is 0.227 e. The van der Waals surface area contributed by atoms with E-state index in [-0.39, 0.29) is 5.41 Å². The van der Waals surface area contributed by atoms with Crippen molar-refractivity contribution in [1.82, 2.24) is 4.98 Å². The number of hydrogen-bond donors (Lipinski definition) is 0. The third-order valence-electron chi connectivity index (χ3n) is 11.7. The normalized spacial score (nSPS) is 13.1. The van der Waals surface area contributed by atoms with Crippen LogP contribution < -0.4 is 4.90 Å². The monoisotopic (exact) mass is 704 g/mol. The molecule has 0 aliphatic heterocycles. The van der Waals surface area contributed by atoms with E-state index in [0.29, 0.717) is 5.89 Å². The summed E-state index contributed by atoms with van der Waals surface area (Å²) in [6.45, 7) is 4.73. The van der Waals surface area contributed by atoms with Gasteiger partial charge in [0.2, 0.25) is 5.89 Å². The lowest BCUT2D eigenvalue weighted by Gasteiger charge is -2.28. The van der Waals surface area contributed by atoms with Crippen LogP contribution in [0.2, 0.25) is 0 Å². The summed E-state index contributed by atoms with van der Waals surface area (Å²) < 4.78 is 6.61. The molecule has 11 rings (SSSR count). The fourth-order valence-electron chi connectivity index (χ4n) is 8.87. The standard InChI is InChI=1S/C52H36N2O/c1-52(2)45-29-22-35-13-9-10-16-42(35)49(45)43-28-27-41(32-46(43)52)54(39-24-19-34(20-25-39)33-11-5-3-6-12-33)40-26-21-36-17-18-37-23-30-47-50(48(37)44(36)31-40)55-51(53-47)38-14-7-4-8-15-38/h3-32H,1-2H3. The highest BCUT2D eigenvalue weighted by Crippen LogP contribution is 2.53. The molecule has 10 aromatic rings. The van der Waals surface area contributed by atoms with Gasteiger partial charge in [-0.3, -0.25) is 0 Å². The molecule has 1 aliphatic carbocycles. The summed E-state index contributed by atoms with van der Waals surface area (Å²) in [6.07, 6.45) is 0. The first-order valence-electron chi connectivity index (χ1n) is 19.0. The van der Waals surface area contributed by atoms with Crippen LogP contribution >= 0.6 is 0 Å². The van der Waals surface area contributed by atoms with E-state index in [4.69, 9.17) is 9.40 Å². The number of aromatic nitrogens is 1. The minimum absolute atomic E-state index is 0.165. The molecule has 0 atom stereocenters. The molecule has 0 bridgehead atoms. The maximum absolute atomic E-state index is 6.61. The first-order chi connectivity index (χ1) is 27.0. The zero-order valence-electron chi connectivity index (χ0n) is 30.6. The van der Waals surface area contributed by atoms with Crippen molar-refractivity contribution in [1.29, 1.82) is 0 Å². The number of anilines is 3. The van der Waals surface area contributed by atoms with Crippen LogP contribution in [0.5, 0.6) is 0 Å². The summed E-state index contributed by atoms with van der Waals surface area (Å²) in [7, 11) is 0. The van der Waals surface area contributed by atoms with Crippen molar-refractivity contribution < 1.29 is 4.42 Å². The van der Waals surface area contributed by atoms with E-state index in [0.717, 1.165) is 55.3 Å². The highest BCUT2D eigenvalue weighted by atomic mass is 16.3. The van der Waals surface area contributed by atoms with E-state index < -0.39 is 0 Å². The third-order valence-corrected chi connectivity index (χ3v) is 11.7. The van der Waals surface area contributed by atoms with Gasteiger partial charge < -0.3 is 9.32 Å². The average molecular weight is 705 g/mol. The molecule has 0 spiro atoms. The van der Waals surface area contributed by atoms with Crippen LogP contribution in [0.25, 0.3) is 77.1 Å². The Morgan fingerprint density at radius 2 is 1.07 bits per heavy atom. The fraction of sp³-hybridized carbons (Fsp3) is 0.0577. The van der Waals surface area contributed by atoms with Crippen molar-refractivity contribution in [3.63, 3.8) is 0 Å². The van der Waals surface area contributed by atoms with Gasteiger partial charge in [-0.2, -0.15) is 0 Å². The fourth-order valence-corrected chi connectivity index (χ4v) is 8.87. The number of benzene rings is 9. The van der Waals surface area contributed by atoms with E-state index in [1.54, 1.807) is 0 Å². The zero-order chi connectivity index (χ0) is 36.7. The van der Waals surface area contributed by atoms with Crippen molar-refractivity contribution in [2.75, 3.05) is 4.90 Å². The zero-order valence-corrected chi connectivity index (χ0v) is 30.6. The molecule has 3 heteroatoms. The van der Waals surface area contributed by atoms with Gasteiger partial charge in [-0.05, 0) is 115 Å². The molecule has 1 heterocycles. The number of oxazole rings is 1. The Morgan fingerprint density at radius 1 is 0.473 bits per heavy atom. The van der Waals surface area contributed by atoms with Crippen molar-refractivity contribution >= 4 is 60.5 Å². The van der Waals surface area contributed by atoms with Gasteiger partial charge in [-0.1, -0.05) is 141 Å². The van der Waals surface area contributed by atoms with Crippen molar-refractivity contribution in [2.45, 2.75) is 19.3 Å². The van der Waals surface area contributed by atoms with Crippen molar-refractivity contribution in [2.24, 2.45) is 0 Å². The van der Waals surface area contributed by atoms with Gasteiger partial charge in [-0.25, -0.2) is 4.98 Å². The van der Waals surface area contributed by atoms with Gasteiger partial charge in [0.15, 0.2) is 5.58 Å². The lowest BCUT2D eigenvalue weighted by atomic mass is 9.82. The summed E-state index contributed by atoms with van der Waals surface area (Å²) in [5.41, 5.74) is 13.5. The quantitative estimate of drug-likeness (QED) is 0.167. The first kappa shape index (κ1) is 31.5. The molecule has 1 aliphatic rings. The highest BCUT2D eigenvalue weighted by Gasteiger charge is 2.37. The summed E-state index contributed by atoms with van der Waals surface area (Å²) >= 11 is 0. The van der Waals surface area contributed by atoms with Crippen molar-refractivity contribution in [3.8, 4) is 33.7 Å². The molecule has 3 nitrogen and oxygen atoms in total. The second kappa shape index (κ2) is 12.0. The molecular weight excluding hydrogens is 669 g/mol. The summed E-state index contributed by atoms with van der Waals surface area (Å²) in [5, 5.41) is 7.05. The number of fused-ring (bicyclic) bond motifs is 10. The molecule has 0 fully saturated rings. The van der Waals surface area contributed by atoms with Gasteiger partial charge in [0.05, 0.1) is 0 Å². The van der Waals surface area contributed by atoms with Crippen LogP contribution in [-0.4, -0.2) is 4.98 Å². The Kier molecular flexibility index (Phi) is 6.90. The molecule has 0 saturated heterocycles. The molecule has 9 aromatic carbocycles. The van der Waals surface area contributed by atoms with Crippen LogP contribution in [0.15, 0.2) is 186 Å². The number of hydrogen-bond acceptors (Lipinski definition) is 3. The lowest BCUT2D eigenvalue weighted by molar-refractivity contribution is 0.623. The SMILES string of the molecule is CC1(C)c2cc(N(c3ccc(-c4ccccc4)cc3)c3ccc4ccc5ccc6nc(-c7ccccc7)oc6c5c4c3)ccc2-c2c1ccc1ccccc21. The smallest absolute Gasteiger partial charge is 0.227 e. The highest BCUT2D eigenvalue weighted by molar-refractivity contribution is 6.18. The van der Waals surface area contributed by atoms with E-state index >= 15 is 0 Å². The largest absolute Gasteiger partial charge is 0.435 e.